The summed E-state index contributed by atoms with van der Waals surface area (Å²) in [7, 11) is 0. The molecule has 30 heavy (non-hydrogen) atoms. The summed E-state index contributed by atoms with van der Waals surface area (Å²) in [5, 5.41) is 14.2. The molecule has 9 heteroatoms. The van der Waals surface area contributed by atoms with Crippen LogP contribution in [0.25, 0.3) is 0 Å². The first kappa shape index (κ1) is 25.6. The van der Waals surface area contributed by atoms with Crippen LogP contribution in [0.4, 0.5) is 0 Å². The van der Waals surface area contributed by atoms with Crippen LogP contribution in [-0.2, 0) is 25.6 Å². The van der Waals surface area contributed by atoms with Gasteiger partial charge < -0.3 is 26.3 Å². The molecule has 0 spiro atoms. The van der Waals surface area contributed by atoms with Crippen LogP contribution in [0.1, 0.15) is 32.3 Å². The van der Waals surface area contributed by atoms with E-state index < -0.39 is 41.2 Å². The van der Waals surface area contributed by atoms with Gasteiger partial charge in [0.1, 0.15) is 18.4 Å². The zero-order valence-corrected chi connectivity index (χ0v) is 18.4. The first-order valence-electron chi connectivity index (χ1n) is 9.79. The maximum absolute atomic E-state index is 12.8. The van der Waals surface area contributed by atoms with Gasteiger partial charge in [-0.05, 0) is 30.6 Å². The molecule has 166 valence electrons. The minimum Gasteiger partial charge on any atom is -0.480 e. The first-order valence-corrected chi connectivity index (χ1v) is 11.1. The molecule has 1 unspecified atom stereocenters. The highest BCUT2D eigenvalue weighted by molar-refractivity contribution is 7.99. The van der Waals surface area contributed by atoms with Crippen LogP contribution in [0.15, 0.2) is 30.3 Å². The van der Waals surface area contributed by atoms with Gasteiger partial charge in [-0.2, -0.15) is 11.8 Å². The van der Waals surface area contributed by atoms with Gasteiger partial charge in [0.2, 0.25) is 11.8 Å². The Morgan fingerprint density at radius 2 is 1.67 bits per heavy atom. The van der Waals surface area contributed by atoms with Crippen LogP contribution in [0.5, 0.6) is 0 Å². The Hall–Kier alpha value is -2.39. The molecule has 0 aromatic heterocycles. The van der Waals surface area contributed by atoms with Gasteiger partial charge in [0.05, 0.1) is 11.3 Å². The zero-order valence-electron chi connectivity index (χ0n) is 17.5. The maximum Gasteiger partial charge on any atom is 0.326 e. The number of nitrogens with one attached hydrogen (secondary N) is 2. The van der Waals surface area contributed by atoms with Crippen LogP contribution < -0.4 is 16.4 Å². The van der Waals surface area contributed by atoms with Gasteiger partial charge in [0.25, 0.3) is 0 Å². The van der Waals surface area contributed by atoms with Crippen molar-refractivity contribution in [2.24, 2.45) is 11.7 Å². The van der Waals surface area contributed by atoms with Crippen molar-refractivity contribution in [2.45, 2.75) is 56.5 Å². The Morgan fingerprint density at radius 1 is 1.07 bits per heavy atom. The van der Waals surface area contributed by atoms with Gasteiger partial charge in [0.15, 0.2) is 0 Å². The average Bonchev–Trinajstić information content (AvgIpc) is 2.70. The average molecular weight is 438 g/mol. The van der Waals surface area contributed by atoms with Crippen molar-refractivity contribution in [1.29, 1.82) is 0 Å². The predicted octanol–water partition coefficient (Wildman–Crippen LogP) is 0.977. The van der Waals surface area contributed by atoms with Crippen molar-refractivity contribution in [2.75, 3.05) is 6.26 Å². The lowest BCUT2D eigenvalue weighted by Gasteiger charge is -2.24. The molecule has 1 aromatic carbocycles. The summed E-state index contributed by atoms with van der Waals surface area (Å²) in [6.45, 7) is 3.78. The van der Waals surface area contributed by atoms with E-state index in [1.54, 1.807) is 30.5 Å². The number of benzene rings is 1. The number of hydrogen-bond acceptors (Lipinski definition) is 6. The molecule has 2 amide bonds. The third-order valence-electron chi connectivity index (χ3n) is 4.51. The number of carbonyl (C=O) groups excluding carboxylic acids is 3. The van der Waals surface area contributed by atoms with Gasteiger partial charge in [0, 0.05) is 6.42 Å². The molecule has 0 heterocycles. The van der Waals surface area contributed by atoms with Crippen LogP contribution in [0.2, 0.25) is 0 Å². The lowest BCUT2D eigenvalue weighted by Crippen LogP contribution is -2.55. The smallest absolute Gasteiger partial charge is 0.326 e. The fourth-order valence-electron chi connectivity index (χ4n) is 2.87. The third kappa shape index (κ3) is 8.96. The normalized spacial score (nSPS) is 15.0. The van der Waals surface area contributed by atoms with Gasteiger partial charge in [-0.1, -0.05) is 44.2 Å². The van der Waals surface area contributed by atoms with Crippen molar-refractivity contribution in [1.82, 2.24) is 10.6 Å². The van der Waals surface area contributed by atoms with E-state index in [4.69, 9.17) is 5.73 Å². The molecule has 8 nitrogen and oxygen atoms in total. The number of amides is 2. The van der Waals surface area contributed by atoms with Gasteiger partial charge in [-0.25, -0.2) is 4.79 Å². The Morgan fingerprint density at radius 3 is 2.17 bits per heavy atom. The molecule has 0 aliphatic rings. The van der Waals surface area contributed by atoms with E-state index in [1.807, 2.05) is 19.9 Å². The van der Waals surface area contributed by atoms with E-state index in [2.05, 4.69) is 10.6 Å². The Kier molecular flexibility index (Phi) is 11.1. The number of aldehydes is 1. The molecule has 0 bridgehead atoms. The van der Waals surface area contributed by atoms with E-state index in [0.29, 0.717) is 6.42 Å². The number of hydrogen-bond donors (Lipinski definition) is 4. The summed E-state index contributed by atoms with van der Waals surface area (Å²) >= 11 is 1.29. The number of rotatable bonds is 13. The van der Waals surface area contributed by atoms with Gasteiger partial charge >= 0.3 is 5.97 Å². The highest BCUT2D eigenvalue weighted by atomic mass is 32.2. The first-order chi connectivity index (χ1) is 14.2. The van der Waals surface area contributed by atoms with Crippen molar-refractivity contribution >= 4 is 35.8 Å². The number of thioether (sulfide) groups is 1. The van der Waals surface area contributed by atoms with E-state index in [1.165, 1.54) is 11.8 Å². The minimum atomic E-state index is -1.16. The molecule has 0 aliphatic heterocycles. The van der Waals surface area contributed by atoms with Crippen LogP contribution >= 0.6 is 11.8 Å². The summed E-state index contributed by atoms with van der Waals surface area (Å²) in [5.74, 6) is -2.22. The maximum atomic E-state index is 12.8. The van der Waals surface area contributed by atoms with Gasteiger partial charge in [-0.15, -0.1) is 0 Å². The predicted molar refractivity (Wildman–Crippen MR) is 117 cm³/mol. The van der Waals surface area contributed by atoms with E-state index in [-0.39, 0.29) is 18.8 Å². The van der Waals surface area contributed by atoms with Crippen LogP contribution in [0.3, 0.4) is 0 Å². The molecule has 4 atom stereocenters. The van der Waals surface area contributed by atoms with E-state index >= 15 is 0 Å². The minimum absolute atomic E-state index is 0.0728. The quantitative estimate of drug-likeness (QED) is 0.337. The van der Waals surface area contributed by atoms with E-state index in [9.17, 15) is 24.3 Å². The van der Waals surface area contributed by atoms with Gasteiger partial charge in [-0.3, -0.25) is 9.59 Å². The fraction of sp³-hybridized carbons (Fsp3) is 0.524. The number of nitrogens with two attached hydrogens (primary N) is 1. The summed E-state index contributed by atoms with van der Waals surface area (Å²) in [6.07, 6.45) is 3.08. The topological polar surface area (TPSA) is 139 Å². The van der Waals surface area contributed by atoms with Crippen molar-refractivity contribution < 1.29 is 24.3 Å². The number of carboxylic acids is 1. The summed E-state index contributed by atoms with van der Waals surface area (Å²) in [4.78, 5) is 47.9. The second kappa shape index (κ2) is 13.0. The molecular weight excluding hydrogens is 406 g/mol. The Bertz CT molecular complexity index is 714. The second-order valence-electron chi connectivity index (χ2n) is 7.53. The molecule has 0 radical (unpaired) electrons. The Balaban J connectivity index is 2.84. The molecule has 1 rings (SSSR count). The summed E-state index contributed by atoms with van der Waals surface area (Å²) < 4.78 is 0. The lowest BCUT2D eigenvalue weighted by atomic mass is 10.0. The summed E-state index contributed by atoms with van der Waals surface area (Å²) in [6, 6.07) is 5.96. The number of carbonyl (C=O) groups is 4. The zero-order chi connectivity index (χ0) is 22.7. The van der Waals surface area contributed by atoms with Crippen molar-refractivity contribution in [3.05, 3.63) is 35.9 Å². The monoisotopic (exact) mass is 437 g/mol. The SMILES string of the molecule is CSC(C=O)C[C@H](N)C(=O)N[C@@H](CC(C)C)C(=O)N[C@@H](Cc1ccccc1)C(=O)O. The van der Waals surface area contributed by atoms with Crippen molar-refractivity contribution in [3.63, 3.8) is 0 Å². The second-order valence-corrected chi connectivity index (χ2v) is 8.61. The number of aliphatic carboxylic acids is 1. The highest BCUT2D eigenvalue weighted by Gasteiger charge is 2.29. The van der Waals surface area contributed by atoms with Crippen molar-refractivity contribution in [3.8, 4) is 0 Å². The highest BCUT2D eigenvalue weighted by Crippen LogP contribution is 2.12. The van der Waals surface area contributed by atoms with E-state index in [0.717, 1.165) is 11.8 Å². The third-order valence-corrected chi connectivity index (χ3v) is 5.42. The molecular formula is C21H31N3O5S. The van der Waals surface area contributed by atoms with Crippen LogP contribution in [-0.4, -0.2) is 58.8 Å². The molecule has 1 aromatic rings. The lowest BCUT2D eigenvalue weighted by molar-refractivity contribution is -0.142. The fourth-order valence-corrected chi connectivity index (χ4v) is 3.38. The van der Waals surface area contributed by atoms with Crippen LogP contribution in [0, 0.1) is 5.92 Å². The standard InChI is InChI=1S/C21H31N3O5S/c1-13(2)9-17(23-19(26)16(22)11-15(12-25)30-3)20(27)24-18(21(28)29)10-14-7-5-4-6-8-14/h4-8,12-13,15-18H,9-11,22H2,1-3H3,(H,23,26)(H,24,27)(H,28,29)/t15?,16-,17-,18-/m0/s1. The molecule has 5 N–H and O–H groups in total. The molecule has 0 aliphatic carbocycles. The number of carboxylic acid groups (broad SMARTS) is 1. The Labute approximate surface area is 181 Å². The molecule has 0 saturated carbocycles. The molecule has 0 fully saturated rings. The molecule has 0 saturated heterocycles. The largest absolute Gasteiger partial charge is 0.480 e. The summed E-state index contributed by atoms with van der Waals surface area (Å²) in [5.41, 5.74) is 6.66.